The lowest BCUT2D eigenvalue weighted by Gasteiger charge is -2.06. The fourth-order valence-electron chi connectivity index (χ4n) is 1.32. The smallest absolute Gasteiger partial charge is 0.219 e. The molecular formula is C13H9ClFNO2. The van der Waals surface area contributed by atoms with Crippen LogP contribution < -0.4 is 4.74 Å². The standard InChI is InChI=1S/C13H9ClFNO2/c1-8(17)9-2-5-13(16-7-9)18-12-4-3-10(15)6-11(12)14/h2-7H,1H3. The first kappa shape index (κ1) is 12.5. The van der Waals surface area contributed by atoms with E-state index in [1.807, 2.05) is 0 Å². The zero-order valence-electron chi connectivity index (χ0n) is 9.48. The summed E-state index contributed by atoms with van der Waals surface area (Å²) in [5.41, 5.74) is 0.493. The summed E-state index contributed by atoms with van der Waals surface area (Å²) in [4.78, 5) is 15.0. The molecule has 2 aromatic rings. The van der Waals surface area contributed by atoms with Gasteiger partial charge in [0.15, 0.2) is 5.78 Å². The van der Waals surface area contributed by atoms with Crippen molar-refractivity contribution in [3.8, 4) is 11.6 Å². The van der Waals surface area contributed by atoms with Gasteiger partial charge in [0.05, 0.1) is 5.02 Å². The van der Waals surface area contributed by atoms with E-state index in [-0.39, 0.29) is 16.7 Å². The predicted octanol–water partition coefficient (Wildman–Crippen LogP) is 3.87. The monoisotopic (exact) mass is 265 g/mol. The van der Waals surface area contributed by atoms with Crippen LogP contribution in [-0.2, 0) is 0 Å². The normalized spacial score (nSPS) is 10.2. The highest BCUT2D eigenvalue weighted by Gasteiger charge is 2.06. The van der Waals surface area contributed by atoms with Crippen LogP contribution in [0.5, 0.6) is 11.6 Å². The fraction of sp³-hybridized carbons (Fsp3) is 0.0769. The van der Waals surface area contributed by atoms with Crippen molar-refractivity contribution in [3.63, 3.8) is 0 Å². The SMILES string of the molecule is CC(=O)c1ccc(Oc2ccc(F)cc2Cl)nc1. The van der Waals surface area contributed by atoms with Gasteiger partial charge in [0.1, 0.15) is 11.6 Å². The van der Waals surface area contributed by atoms with Gasteiger partial charge in [-0.15, -0.1) is 0 Å². The largest absolute Gasteiger partial charge is 0.437 e. The Morgan fingerprint density at radius 2 is 2.11 bits per heavy atom. The lowest BCUT2D eigenvalue weighted by atomic mass is 10.2. The van der Waals surface area contributed by atoms with Gasteiger partial charge in [0.2, 0.25) is 5.88 Å². The molecule has 5 heteroatoms. The lowest BCUT2D eigenvalue weighted by Crippen LogP contribution is -1.94. The summed E-state index contributed by atoms with van der Waals surface area (Å²) < 4.78 is 18.2. The second kappa shape index (κ2) is 5.14. The van der Waals surface area contributed by atoms with Crippen molar-refractivity contribution in [1.82, 2.24) is 4.98 Å². The molecule has 0 saturated heterocycles. The molecular weight excluding hydrogens is 257 g/mol. The minimum absolute atomic E-state index is 0.0751. The fourth-order valence-corrected chi connectivity index (χ4v) is 1.53. The molecule has 18 heavy (non-hydrogen) atoms. The number of aromatic nitrogens is 1. The summed E-state index contributed by atoms with van der Waals surface area (Å²) >= 11 is 5.81. The zero-order valence-corrected chi connectivity index (χ0v) is 10.2. The molecule has 0 atom stereocenters. The predicted molar refractivity (Wildman–Crippen MR) is 65.7 cm³/mol. The van der Waals surface area contributed by atoms with Crippen LogP contribution >= 0.6 is 11.6 Å². The van der Waals surface area contributed by atoms with E-state index >= 15 is 0 Å². The van der Waals surface area contributed by atoms with Crippen LogP contribution in [0, 0.1) is 5.82 Å². The summed E-state index contributed by atoms with van der Waals surface area (Å²) in [6.45, 7) is 1.45. The van der Waals surface area contributed by atoms with Crippen molar-refractivity contribution in [2.24, 2.45) is 0 Å². The van der Waals surface area contributed by atoms with Crippen LogP contribution in [0.25, 0.3) is 0 Å². The minimum Gasteiger partial charge on any atom is -0.437 e. The van der Waals surface area contributed by atoms with E-state index in [2.05, 4.69) is 4.98 Å². The highest BCUT2D eigenvalue weighted by Crippen LogP contribution is 2.28. The third-order valence-electron chi connectivity index (χ3n) is 2.25. The Kier molecular flexibility index (Phi) is 3.58. The molecule has 0 amide bonds. The van der Waals surface area contributed by atoms with Crippen molar-refractivity contribution in [2.45, 2.75) is 6.92 Å². The van der Waals surface area contributed by atoms with Gasteiger partial charge in [-0.05, 0) is 31.2 Å². The average molecular weight is 266 g/mol. The second-order valence-electron chi connectivity index (χ2n) is 3.62. The number of nitrogens with zero attached hydrogens (tertiary/aromatic N) is 1. The Balaban J connectivity index is 2.21. The minimum atomic E-state index is -0.438. The first-order valence-corrected chi connectivity index (χ1v) is 5.54. The summed E-state index contributed by atoms with van der Waals surface area (Å²) in [7, 11) is 0. The molecule has 0 aliphatic carbocycles. The topological polar surface area (TPSA) is 39.2 Å². The van der Waals surface area contributed by atoms with E-state index in [1.165, 1.54) is 25.3 Å². The second-order valence-corrected chi connectivity index (χ2v) is 4.03. The maximum absolute atomic E-state index is 12.8. The molecule has 92 valence electrons. The van der Waals surface area contributed by atoms with Gasteiger partial charge in [-0.25, -0.2) is 9.37 Å². The van der Waals surface area contributed by atoms with Crippen molar-refractivity contribution in [1.29, 1.82) is 0 Å². The van der Waals surface area contributed by atoms with E-state index in [1.54, 1.807) is 12.1 Å². The zero-order chi connectivity index (χ0) is 13.1. The Hall–Kier alpha value is -1.94. The summed E-state index contributed by atoms with van der Waals surface area (Å²) in [6, 6.07) is 6.96. The number of rotatable bonds is 3. The molecule has 0 bridgehead atoms. The Bertz CT molecular complexity index is 584. The number of hydrogen-bond donors (Lipinski definition) is 0. The van der Waals surface area contributed by atoms with Crippen LogP contribution in [0.15, 0.2) is 36.5 Å². The highest BCUT2D eigenvalue weighted by atomic mass is 35.5. The van der Waals surface area contributed by atoms with Crippen molar-refractivity contribution < 1.29 is 13.9 Å². The number of halogens is 2. The molecule has 0 unspecified atom stereocenters. The maximum atomic E-state index is 12.8. The molecule has 1 aromatic carbocycles. The molecule has 0 fully saturated rings. The number of pyridine rings is 1. The van der Waals surface area contributed by atoms with Crippen molar-refractivity contribution in [2.75, 3.05) is 0 Å². The lowest BCUT2D eigenvalue weighted by molar-refractivity contribution is 0.101. The molecule has 0 spiro atoms. The molecule has 0 saturated carbocycles. The van der Waals surface area contributed by atoms with Gasteiger partial charge in [-0.3, -0.25) is 4.79 Å². The van der Waals surface area contributed by atoms with E-state index in [4.69, 9.17) is 16.3 Å². The van der Waals surface area contributed by atoms with Gasteiger partial charge < -0.3 is 4.74 Å². The molecule has 3 nitrogen and oxygen atoms in total. The number of hydrogen-bond acceptors (Lipinski definition) is 3. The quantitative estimate of drug-likeness (QED) is 0.791. The van der Waals surface area contributed by atoms with Crippen LogP contribution in [0.4, 0.5) is 4.39 Å². The number of Topliss-reactive ketones (excluding diaryl/α,β-unsaturated/α-hetero) is 1. The summed E-state index contributed by atoms with van der Waals surface area (Å²) in [6.07, 6.45) is 1.41. The number of carbonyl (C=O) groups is 1. The summed E-state index contributed by atoms with van der Waals surface area (Å²) in [5.74, 6) is 0.0794. The van der Waals surface area contributed by atoms with Gasteiger partial charge in [-0.1, -0.05) is 11.6 Å². The third-order valence-corrected chi connectivity index (χ3v) is 2.55. The van der Waals surface area contributed by atoms with Crippen LogP contribution in [0.3, 0.4) is 0 Å². The molecule has 0 N–H and O–H groups in total. The average Bonchev–Trinajstić information content (AvgIpc) is 2.33. The van der Waals surface area contributed by atoms with E-state index in [0.29, 0.717) is 11.3 Å². The first-order chi connectivity index (χ1) is 8.56. The molecule has 1 heterocycles. The van der Waals surface area contributed by atoms with Gasteiger partial charge in [-0.2, -0.15) is 0 Å². The van der Waals surface area contributed by atoms with Crippen LogP contribution in [0.1, 0.15) is 17.3 Å². The Morgan fingerprint density at radius 1 is 1.33 bits per heavy atom. The Labute approximate surface area is 108 Å². The molecule has 2 rings (SSSR count). The summed E-state index contributed by atoms with van der Waals surface area (Å²) in [5, 5.41) is 0.160. The molecule has 0 aliphatic rings. The Morgan fingerprint density at radius 3 is 2.67 bits per heavy atom. The number of carbonyl (C=O) groups excluding carboxylic acids is 1. The maximum Gasteiger partial charge on any atom is 0.219 e. The molecule has 0 radical (unpaired) electrons. The third kappa shape index (κ3) is 2.84. The van der Waals surface area contributed by atoms with E-state index < -0.39 is 5.82 Å². The van der Waals surface area contributed by atoms with Gasteiger partial charge in [0, 0.05) is 17.8 Å². The van der Waals surface area contributed by atoms with Gasteiger partial charge >= 0.3 is 0 Å². The number of benzene rings is 1. The highest BCUT2D eigenvalue weighted by molar-refractivity contribution is 6.32. The van der Waals surface area contributed by atoms with Gasteiger partial charge in [0.25, 0.3) is 0 Å². The molecule has 1 aromatic heterocycles. The van der Waals surface area contributed by atoms with Crippen LogP contribution in [-0.4, -0.2) is 10.8 Å². The number of ketones is 1. The van der Waals surface area contributed by atoms with Crippen molar-refractivity contribution in [3.05, 3.63) is 52.9 Å². The van der Waals surface area contributed by atoms with Crippen molar-refractivity contribution >= 4 is 17.4 Å². The van der Waals surface area contributed by atoms with E-state index in [9.17, 15) is 9.18 Å². The number of ether oxygens (including phenoxy) is 1. The molecule has 0 aliphatic heterocycles. The first-order valence-electron chi connectivity index (χ1n) is 5.16. The van der Waals surface area contributed by atoms with Crippen LogP contribution in [0.2, 0.25) is 5.02 Å². The van der Waals surface area contributed by atoms with E-state index in [0.717, 1.165) is 6.07 Å².